The summed E-state index contributed by atoms with van der Waals surface area (Å²) in [4.78, 5) is 5.88. The van der Waals surface area contributed by atoms with E-state index in [1.165, 1.54) is 10.4 Å². The molecule has 0 amide bonds. The van der Waals surface area contributed by atoms with Gasteiger partial charge in [0.1, 0.15) is 6.04 Å². The van der Waals surface area contributed by atoms with Crippen molar-refractivity contribution in [2.45, 2.75) is 19.4 Å². The van der Waals surface area contributed by atoms with Crippen molar-refractivity contribution in [1.29, 1.82) is 0 Å². The highest BCUT2D eigenvalue weighted by atomic mass is 32.1. The molecule has 1 N–H and O–H groups in total. The van der Waals surface area contributed by atoms with Crippen LogP contribution in [0.25, 0.3) is 11.6 Å². The van der Waals surface area contributed by atoms with Crippen LogP contribution in [0.1, 0.15) is 27.9 Å². The predicted octanol–water partition coefficient (Wildman–Crippen LogP) is 2.93. The Balaban J connectivity index is 1.72. The number of aromatic nitrogens is 2. The lowest BCUT2D eigenvalue weighted by Crippen LogP contribution is -2.29. The van der Waals surface area contributed by atoms with E-state index in [2.05, 4.69) is 26.9 Å². The van der Waals surface area contributed by atoms with Crippen molar-refractivity contribution in [3.8, 4) is 11.6 Å². The number of fused-ring (bicyclic) bond motifs is 1. The summed E-state index contributed by atoms with van der Waals surface area (Å²) in [6.07, 6.45) is 2.69. The Morgan fingerprint density at radius 3 is 3.20 bits per heavy atom. The maximum atomic E-state index is 5.43. The largest absolute Gasteiger partial charge is 0.461 e. The molecule has 0 bridgehead atoms. The minimum absolute atomic E-state index is 0.0125. The third kappa shape index (κ3) is 1.80. The second-order valence-electron chi connectivity index (χ2n) is 4.83. The fourth-order valence-corrected chi connectivity index (χ4v) is 3.44. The molecule has 1 aliphatic rings. The standard InChI is InChI=1S/C14H13N3O2S/c1-8-3-6-18-12(8)13-16-14(19-17-13)11-9-4-7-20-10(9)2-5-15-11/h3-4,6-7,11,15H,2,5H2,1H3. The molecule has 4 heterocycles. The van der Waals surface area contributed by atoms with Crippen molar-refractivity contribution in [2.75, 3.05) is 6.54 Å². The van der Waals surface area contributed by atoms with Crippen LogP contribution >= 0.6 is 11.3 Å². The van der Waals surface area contributed by atoms with Crippen LogP contribution in [0.4, 0.5) is 0 Å². The number of aryl methyl sites for hydroxylation is 1. The highest BCUT2D eigenvalue weighted by molar-refractivity contribution is 7.10. The summed E-state index contributed by atoms with van der Waals surface area (Å²) in [6, 6.07) is 4.00. The molecule has 0 spiro atoms. The molecule has 0 fully saturated rings. The van der Waals surface area contributed by atoms with Gasteiger partial charge in [0.15, 0.2) is 5.76 Å². The lowest BCUT2D eigenvalue weighted by molar-refractivity contribution is 0.344. The van der Waals surface area contributed by atoms with Gasteiger partial charge in [0, 0.05) is 11.4 Å². The van der Waals surface area contributed by atoms with E-state index in [4.69, 9.17) is 8.94 Å². The Bertz CT molecular complexity index is 743. The molecule has 0 saturated carbocycles. The van der Waals surface area contributed by atoms with Crippen molar-refractivity contribution in [1.82, 2.24) is 15.5 Å². The molecule has 6 heteroatoms. The van der Waals surface area contributed by atoms with Gasteiger partial charge in [-0.1, -0.05) is 5.16 Å². The van der Waals surface area contributed by atoms with Crippen molar-refractivity contribution in [3.63, 3.8) is 0 Å². The Morgan fingerprint density at radius 1 is 1.40 bits per heavy atom. The quantitative estimate of drug-likeness (QED) is 0.785. The van der Waals surface area contributed by atoms with E-state index in [0.717, 1.165) is 18.5 Å². The normalized spacial score (nSPS) is 18.1. The molecule has 0 radical (unpaired) electrons. The first kappa shape index (κ1) is 11.9. The maximum Gasteiger partial charge on any atom is 0.248 e. The molecule has 0 aliphatic carbocycles. The van der Waals surface area contributed by atoms with Crippen molar-refractivity contribution < 1.29 is 8.94 Å². The van der Waals surface area contributed by atoms with Gasteiger partial charge in [-0.25, -0.2) is 0 Å². The van der Waals surface area contributed by atoms with Crippen LogP contribution in [0.15, 0.2) is 32.7 Å². The van der Waals surface area contributed by atoms with Crippen LogP contribution in [-0.2, 0) is 6.42 Å². The third-order valence-electron chi connectivity index (χ3n) is 3.55. The maximum absolute atomic E-state index is 5.43. The van der Waals surface area contributed by atoms with E-state index < -0.39 is 0 Å². The minimum atomic E-state index is -0.0125. The molecule has 1 aliphatic heterocycles. The van der Waals surface area contributed by atoms with Gasteiger partial charge in [0.2, 0.25) is 11.7 Å². The lowest BCUT2D eigenvalue weighted by Gasteiger charge is -2.20. The average Bonchev–Trinajstić information content (AvgIpc) is 3.17. The summed E-state index contributed by atoms with van der Waals surface area (Å²) in [5.41, 5.74) is 2.25. The Morgan fingerprint density at radius 2 is 2.35 bits per heavy atom. The Kier molecular flexibility index (Phi) is 2.71. The highest BCUT2D eigenvalue weighted by Gasteiger charge is 2.27. The number of thiophene rings is 1. The SMILES string of the molecule is Cc1ccoc1-c1noc(C2NCCc3sccc32)n1. The Labute approximate surface area is 119 Å². The molecular weight excluding hydrogens is 274 g/mol. The summed E-state index contributed by atoms with van der Waals surface area (Å²) in [7, 11) is 0. The second kappa shape index (κ2) is 4.57. The van der Waals surface area contributed by atoms with Crippen LogP contribution in [-0.4, -0.2) is 16.7 Å². The van der Waals surface area contributed by atoms with E-state index in [0.29, 0.717) is 17.5 Å². The highest BCUT2D eigenvalue weighted by Crippen LogP contribution is 2.32. The molecule has 3 aromatic heterocycles. The van der Waals surface area contributed by atoms with E-state index in [1.807, 2.05) is 13.0 Å². The number of hydrogen-bond acceptors (Lipinski definition) is 6. The lowest BCUT2D eigenvalue weighted by atomic mass is 10.0. The van der Waals surface area contributed by atoms with Gasteiger partial charge in [0.05, 0.1) is 6.26 Å². The zero-order valence-electron chi connectivity index (χ0n) is 10.9. The second-order valence-corrected chi connectivity index (χ2v) is 5.83. The molecule has 4 rings (SSSR count). The molecule has 1 unspecified atom stereocenters. The minimum Gasteiger partial charge on any atom is -0.461 e. The third-order valence-corrected chi connectivity index (χ3v) is 4.54. The van der Waals surface area contributed by atoms with E-state index in [1.54, 1.807) is 17.6 Å². The average molecular weight is 287 g/mol. The first-order valence-corrected chi connectivity index (χ1v) is 7.38. The zero-order valence-corrected chi connectivity index (χ0v) is 11.7. The molecular formula is C14H13N3O2S. The van der Waals surface area contributed by atoms with Crippen molar-refractivity contribution in [2.24, 2.45) is 0 Å². The van der Waals surface area contributed by atoms with Gasteiger partial charge in [-0.2, -0.15) is 4.98 Å². The number of furan rings is 1. The van der Waals surface area contributed by atoms with Gasteiger partial charge < -0.3 is 14.3 Å². The summed E-state index contributed by atoms with van der Waals surface area (Å²) in [5, 5.41) is 9.58. The smallest absolute Gasteiger partial charge is 0.248 e. The molecule has 102 valence electrons. The zero-order chi connectivity index (χ0) is 13.5. The summed E-state index contributed by atoms with van der Waals surface area (Å²) in [5.74, 6) is 1.77. The summed E-state index contributed by atoms with van der Waals surface area (Å²) >= 11 is 1.78. The van der Waals surface area contributed by atoms with Crippen LogP contribution in [0.3, 0.4) is 0 Å². The van der Waals surface area contributed by atoms with Crippen LogP contribution in [0.2, 0.25) is 0 Å². The van der Waals surface area contributed by atoms with Gasteiger partial charge in [-0.3, -0.25) is 0 Å². The monoisotopic (exact) mass is 287 g/mol. The number of rotatable bonds is 2. The van der Waals surface area contributed by atoms with Gasteiger partial charge in [0.25, 0.3) is 0 Å². The summed E-state index contributed by atoms with van der Waals surface area (Å²) in [6.45, 7) is 2.89. The first-order chi connectivity index (χ1) is 9.83. The van der Waals surface area contributed by atoms with E-state index >= 15 is 0 Å². The molecule has 1 atom stereocenters. The van der Waals surface area contributed by atoms with Gasteiger partial charge in [-0.05, 0) is 42.0 Å². The fraction of sp³-hybridized carbons (Fsp3) is 0.286. The van der Waals surface area contributed by atoms with Gasteiger partial charge >= 0.3 is 0 Å². The van der Waals surface area contributed by atoms with Crippen LogP contribution in [0.5, 0.6) is 0 Å². The fourth-order valence-electron chi connectivity index (χ4n) is 2.52. The van der Waals surface area contributed by atoms with Crippen LogP contribution in [0, 0.1) is 6.92 Å². The number of nitrogens with zero attached hydrogens (tertiary/aromatic N) is 2. The first-order valence-electron chi connectivity index (χ1n) is 6.50. The van der Waals surface area contributed by atoms with Crippen molar-refractivity contribution >= 4 is 11.3 Å². The number of nitrogens with one attached hydrogen (secondary N) is 1. The van der Waals surface area contributed by atoms with E-state index in [-0.39, 0.29) is 6.04 Å². The Hall–Kier alpha value is -1.92. The van der Waals surface area contributed by atoms with Crippen LogP contribution < -0.4 is 5.32 Å². The van der Waals surface area contributed by atoms with Crippen molar-refractivity contribution in [3.05, 3.63) is 45.7 Å². The van der Waals surface area contributed by atoms with E-state index in [9.17, 15) is 0 Å². The predicted molar refractivity (Wildman–Crippen MR) is 74.6 cm³/mol. The molecule has 0 aromatic carbocycles. The summed E-state index contributed by atoms with van der Waals surface area (Å²) < 4.78 is 10.8. The number of hydrogen-bond donors (Lipinski definition) is 1. The topological polar surface area (TPSA) is 64.1 Å². The molecule has 0 saturated heterocycles. The van der Waals surface area contributed by atoms with Gasteiger partial charge in [-0.15, -0.1) is 11.3 Å². The molecule has 20 heavy (non-hydrogen) atoms. The molecule has 5 nitrogen and oxygen atoms in total. The molecule has 3 aromatic rings.